The molecule has 3 nitrogen and oxygen atoms in total. The van der Waals surface area contributed by atoms with Crippen LogP contribution in [0.1, 0.15) is 31.9 Å². The standard InChI is InChI=1S/C15H22O3/c1-4-12-7-5-6-8-13(12)9-14(15(16)17)18-10-11(2)3/h5-8,11,14H,4,9-10H2,1-3H3,(H,16,17)/t14-/m1/s1. The molecule has 0 radical (unpaired) electrons. The number of carboxylic acid groups (broad SMARTS) is 1. The third kappa shape index (κ3) is 4.49. The highest BCUT2D eigenvalue weighted by atomic mass is 16.5. The SMILES string of the molecule is CCc1ccccc1C[C@@H](OCC(C)C)C(=O)O. The third-order valence-corrected chi connectivity index (χ3v) is 2.81. The summed E-state index contributed by atoms with van der Waals surface area (Å²) in [6.45, 7) is 6.58. The molecule has 0 heterocycles. The van der Waals surface area contributed by atoms with E-state index in [1.807, 2.05) is 38.1 Å². The maximum absolute atomic E-state index is 11.2. The van der Waals surface area contributed by atoms with Crippen LogP contribution in [0, 0.1) is 5.92 Å². The van der Waals surface area contributed by atoms with E-state index in [2.05, 4.69) is 6.92 Å². The molecule has 1 N–H and O–H groups in total. The van der Waals surface area contributed by atoms with Crippen LogP contribution in [0.25, 0.3) is 0 Å². The summed E-state index contributed by atoms with van der Waals surface area (Å²) in [5.41, 5.74) is 2.26. The number of aliphatic carboxylic acids is 1. The molecular formula is C15H22O3. The van der Waals surface area contributed by atoms with Crippen molar-refractivity contribution >= 4 is 5.97 Å². The average Bonchev–Trinajstić information content (AvgIpc) is 2.34. The first kappa shape index (κ1) is 14.7. The molecule has 0 aliphatic carbocycles. The van der Waals surface area contributed by atoms with Gasteiger partial charge in [0, 0.05) is 6.42 Å². The lowest BCUT2D eigenvalue weighted by atomic mass is 10.00. The van der Waals surface area contributed by atoms with Gasteiger partial charge < -0.3 is 9.84 Å². The van der Waals surface area contributed by atoms with E-state index in [4.69, 9.17) is 4.74 Å². The van der Waals surface area contributed by atoms with Gasteiger partial charge in [0.25, 0.3) is 0 Å². The zero-order chi connectivity index (χ0) is 13.5. The molecule has 0 bridgehead atoms. The Morgan fingerprint density at radius 1 is 1.28 bits per heavy atom. The van der Waals surface area contributed by atoms with Crippen molar-refractivity contribution in [3.63, 3.8) is 0 Å². The average molecular weight is 250 g/mol. The van der Waals surface area contributed by atoms with Crippen LogP contribution in [0.15, 0.2) is 24.3 Å². The van der Waals surface area contributed by atoms with Crippen molar-refractivity contribution in [1.82, 2.24) is 0 Å². The van der Waals surface area contributed by atoms with Gasteiger partial charge in [0.15, 0.2) is 6.10 Å². The second-order valence-corrected chi connectivity index (χ2v) is 4.88. The second kappa shape index (κ2) is 7.17. The highest BCUT2D eigenvalue weighted by Crippen LogP contribution is 2.14. The van der Waals surface area contributed by atoms with Crippen LogP contribution in [0.5, 0.6) is 0 Å². The summed E-state index contributed by atoms with van der Waals surface area (Å²) in [5.74, 6) is -0.546. The number of benzene rings is 1. The minimum absolute atomic E-state index is 0.341. The van der Waals surface area contributed by atoms with Gasteiger partial charge >= 0.3 is 5.97 Å². The number of hydrogen-bond donors (Lipinski definition) is 1. The van der Waals surface area contributed by atoms with Crippen LogP contribution in [0.4, 0.5) is 0 Å². The fourth-order valence-corrected chi connectivity index (χ4v) is 1.83. The van der Waals surface area contributed by atoms with E-state index in [0.717, 1.165) is 12.0 Å². The molecule has 0 aromatic heterocycles. The summed E-state index contributed by atoms with van der Waals surface area (Å²) in [6.07, 6.45) is 0.596. The van der Waals surface area contributed by atoms with E-state index in [0.29, 0.717) is 18.9 Å². The highest BCUT2D eigenvalue weighted by molar-refractivity contribution is 5.72. The van der Waals surface area contributed by atoms with Crippen molar-refractivity contribution in [3.05, 3.63) is 35.4 Å². The fourth-order valence-electron chi connectivity index (χ4n) is 1.83. The van der Waals surface area contributed by atoms with Gasteiger partial charge in [-0.1, -0.05) is 45.0 Å². The molecule has 1 rings (SSSR count). The molecule has 100 valence electrons. The summed E-state index contributed by atoms with van der Waals surface area (Å²) >= 11 is 0. The summed E-state index contributed by atoms with van der Waals surface area (Å²) in [7, 11) is 0. The fraction of sp³-hybridized carbons (Fsp3) is 0.533. The van der Waals surface area contributed by atoms with Crippen LogP contribution in [0.3, 0.4) is 0 Å². The van der Waals surface area contributed by atoms with Gasteiger partial charge in [-0.15, -0.1) is 0 Å². The molecule has 0 spiro atoms. The maximum Gasteiger partial charge on any atom is 0.333 e. The molecule has 0 saturated carbocycles. The van der Waals surface area contributed by atoms with Crippen LogP contribution in [-0.2, 0) is 22.4 Å². The monoisotopic (exact) mass is 250 g/mol. The summed E-state index contributed by atoms with van der Waals surface area (Å²) in [4.78, 5) is 11.2. The number of aryl methyl sites for hydroxylation is 1. The number of carbonyl (C=O) groups is 1. The predicted molar refractivity (Wildman–Crippen MR) is 71.7 cm³/mol. The molecule has 1 atom stereocenters. The Morgan fingerprint density at radius 2 is 1.89 bits per heavy atom. The largest absolute Gasteiger partial charge is 0.479 e. The van der Waals surface area contributed by atoms with Crippen molar-refractivity contribution in [2.75, 3.05) is 6.61 Å². The van der Waals surface area contributed by atoms with Crippen LogP contribution >= 0.6 is 0 Å². The Labute approximate surface area is 109 Å². The van der Waals surface area contributed by atoms with Gasteiger partial charge in [0.1, 0.15) is 0 Å². The van der Waals surface area contributed by atoms with E-state index >= 15 is 0 Å². The molecule has 0 aliphatic heterocycles. The topological polar surface area (TPSA) is 46.5 Å². The maximum atomic E-state index is 11.2. The summed E-state index contributed by atoms with van der Waals surface area (Å²) in [5, 5.41) is 9.19. The molecule has 0 fully saturated rings. The van der Waals surface area contributed by atoms with E-state index < -0.39 is 12.1 Å². The Kier molecular flexibility index (Phi) is 5.86. The first-order valence-corrected chi connectivity index (χ1v) is 6.45. The smallest absolute Gasteiger partial charge is 0.333 e. The lowest BCUT2D eigenvalue weighted by molar-refractivity contribution is -0.150. The number of carboxylic acids is 1. The van der Waals surface area contributed by atoms with E-state index in [1.165, 1.54) is 5.56 Å². The molecule has 0 aliphatic rings. The van der Waals surface area contributed by atoms with Crippen LogP contribution in [-0.4, -0.2) is 23.8 Å². The Balaban J connectivity index is 2.73. The van der Waals surface area contributed by atoms with Gasteiger partial charge in [-0.05, 0) is 23.5 Å². The lowest BCUT2D eigenvalue weighted by Crippen LogP contribution is -2.28. The van der Waals surface area contributed by atoms with E-state index in [9.17, 15) is 9.90 Å². The molecule has 0 saturated heterocycles. The molecule has 0 unspecified atom stereocenters. The van der Waals surface area contributed by atoms with Gasteiger partial charge in [0.05, 0.1) is 6.61 Å². The summed E-state index contributed by atoms with van der Waals surface area (Å²) < 4.78 is 5.47. The number of hydrogen-bond acceptors (Lipinski definition) is 2. The van der Waals surface area contributed by atoms with Crippen molar-refractivity contribution in [2.24, 2.45) is 5.92 Å². The highest BCUT2D eigenvalue weighted by Gasteiger charge is 2.20. The van der Waals surface area contributed by atoms with Gasteiger partial charge in [-0.25, -0.2) is 4.79 Å². The van der Waals surface area contributed by atoms with Crippen molar-refractivity contribution in [2.45, 2.75) is 39.7 Å². The zero-order valence-corrected chi connectivity index (χ0v) is 11.3. The number of ether oxygens (including phenoxy) is 1. The molecular weight excluding hydrogens is 228 g/mol. The minimum atomic E-state index is -0.887. The van der Waals surface area contributed by atoms with Gasteiger partial charge in [0.2, 0.25) is 0 Å². The van der Waals surface area contributed by atoms with Gasteiger partial charge in [-0.2, -0.15) is 0 Å². The van der Waals surface area contributed by atoms with E-state index in [-0.39, 0.29) is 0 Å². The van der Waals surface area contributed by atoms with Crippen molar-refractivity contribution < 1.29 is 14.6 Å². The Hall–Kier alpha value is -1.35. The molecule has 1 aromatic rings. The molecule has 3 heteroatoms. The lowest BCUT2D eigenvalue weighted by Gasteiger charge is -2.17. The third-order valence-electron chi connectivity index (χ3n) is 2.81. The quantitative estimate of drug-likeness (QED) is 0.809. The predicted octanol–water partition coefficient (Wildman–Crippen LogP) is 2.92. The normalized spacial score (nSPS) is 12.7. The van der Waals surface area contributed by atoms with Crippen molar-refractivity contribution in [3.8, 4) is 0 Å². The summed E-state index contributed by atoms with van der Waals surface area (Å²) in [6, 6.07) is 7.94. The van der Waals surface area contributed by atoms with Gasteiger partial charge in [-0.3, -0.25) is 0 Å². The Morgan fingerprint density at radius 3 is 2.39 bits per heavy atom. The van der Waals surface area contributed by atoms with Crippen molar-refractivity contribution in [1.29, 1.82) is 0 Å². The van der Waals surface area contributed by atoms with Crippen LogP contribution < -0.4 is 0 Å². The van der Waals surface area contributed by atoms with Crippen LogP contribution in [0.2, 0.25) is 0 Å². The molecule has 18 heavy (non-hydrogen) atoms. The molecule has 0 amide bonds. The minimum Gasteiger partial charge on any atom is -0.479 e. The number of rotatable bonds is 7. The second-order valence-electron chi connectivity index (χ2n) is 4.88. The zero-order valence-electron chi connectivity index (χ0n) is 11.3. The molecule has 1 aromatic carbocycles. The van der Waals surface area contributed by atoms with E-state index in [1.54, 1.807) is 0 Å². The Bertz CT molecular complexity index is 385. The first-order chi connectivity index (χ1) is 8.54. The first-order valence-electron chi connectivity index (χ1n) is 6.45.